The molecule has 0 unspecified atom stereocenters. The molecule has 238 valence electrons. The molecule has 0 radical (unpaired) electrons. The van der Waals surface area contributed by atoms with Crippen LogP contribution < -0.4 is 4.90 Å². The van der Waals surface area contributed by atoms with Gasteiger partial charge in [0.2, 0.25) is 0 Å². The van der Waals surface area contributed by atoms with E-state index in [4.69, 9.17) is 0 Å². The number of rotatable bonds is 5. The summed E-state index contributed by atoms with van der Waals surface area (Å²) < 4.78 is 0. The maximum atomic E-state index is 2.40. The summed E-state index contributed by atoms with van der Waals surface area (Å²) in [6.07, 6.45) is 0. The van der Waals surface area contributed by atoms with Crippen molar-refractivity contribution in [3.8, 4) is 22.3 Å². The van der Waals surface area contributed by atoms with Gasteiger partial charge in [-0.15, -0.1) is 0 Å². The molecule has 10 rings (SSSR count). The molecule has 0 amide bonds. The van der Waals surface area contributed by atoms with Gasteiger partial charge in [-0.05, 0) is 125 Å². The molecule has 1 nitrogen and oxygen atoms in total. The van der Waals surface area contributed by atoms with Gasteiger partial charge in [0, 0.05) is 17.1 Å². The smallest absolute Gasteiger partial charge is 0.0468 e. The van der Waals surface area contributed by atoms with Gasteiger partial charge < -0.3 is 4.90 Å². The van der Waals surface area contributed by atoms with Gasteiger partial charge in [-0.2, -0.15) is 0 Å². The van der Waals surface area contributed by atoms with E-state index in [0.29, 0.717) is 0 Å². The molecule has 0 aliphatic carbocycles. The fourth-order valence-corrected chi connectivity index (χ4v) is 7.78. The van der Waals surface area contributed by atoms with Crippen LogP contribution in [-0.2, 0) is 0 Å². The minimum atomic E-state index is 1.12. The third-order valence-corrected chi connectivity index (χ3v) is 10.3. The van der Waals surface area contributed by atoms with Crippen molar-refractivity contribution in [2.45, 2.75) is 0 Å². The highest BCUT2D eigenvalue weighted by molar-refractivity contribution is 6.20. The predicted octanol–water partition coefficient (Wildman–Crippen LogP) is 14.3. The summed E-state index contributed by atoms with van der Waals surface area (Å²) in [5, 5.41) is 12.6. The predicted molar refractivity (Wildman–Crippen MR) is 220 cm³/mol. The van der Waals surface area contributed by atoms with E-state index >= 15 is 0 Å². The fraction of sp³-hybridized carbons (Fsp3) is 0. The Kier molecular flexibility index (Phi) is 6.89. The molecule has 0 aliphatic rings. The van der Waals surface area contributed by atoms with Crippen molar-refractivity contribution >= 4 is 70.9 Å². The molecule has 0 atom stereocenters. The van der Waals surface area contributed by atoms with Gasteiger partial charge in [-0.3, -0.25) is 0 Å². The van der Waals surface area contributed by atoms with Crippen molar-refractivity contribution in [2.24, 2.45) is 0 Å². The number of hydrogen-bond donors (Lipinski definition) is 0. The molecule has 0 saturated carbocycles. The first-order valence-electron chi connectivity index (χ1n) is 17.6. The van der Waals surface area contributed by atoms with E-state index in [1.165, 1.54) is 76.1 Å². The highest BCUT2D eigenvalue weighted by atomic mass is 15.1. The van der Waals surface area contributed by atoms with Crippen LogP contribution in [0.3, 0.4) is 0 Å². The molecule has 0 N–H and O–H groups in total. The third-order valence-electron chi connectivity index (χ3n) is 10.3. The van der Waals surface area contributed by atoms with E-state index in [9.17, 15) is 0 Å². The van der Waals surface area contributed by atoms with Crippen molar-refractivity contribution in [2.75, 3.05) is 4.90 Å². The number of anilines is 3. The topological polar surface area (TPSA) is 3.24 Å². The molecule has 51 heavy (non-hydrogen) atoms. The molecular formula is C50H33N. The van der Waals surface area contributed by atoms with Crippen molar-refractivity contribution < 1.29 is 0 Å². The Morgan fingerprint density at radius 1 is 0.235 bits per heavy atom. The Labute approximate surface area is 297 Å². The van der Waals surface area contributed by atoms with Crippen molar-refractivity contribution in [1.29, 1.82) is 0 Å². The summed E-state index contributed by atoms with van der Waals surface area (Å²) in [5.74, 6) is 0. The molecule has 0 aromatic heterocycles. The fourth-order valence-electron chi connectivity index (χ4n) is 7.78. The zero-order chi connectivity index (χ0) is 33.7. The quantitative estimate of drug-likeness (QED) is 0.168. The van der Waals surface area contributed by atoms with Gasteiger partial charge in [0.15, 0.2) is 0 Å². The lowest BCUT2D eigenvalue weighted by Crippen LogP contribution is -2.10. The standard InChI is InChI=1S/C50H33N/c1-2-9-34(10-3-1)42-23-17-36-26-28-47(32-44(36)29-42)51(46-27-25-35-11-4-5-13-40(35)30-46)45-15-8-14-41(31-45)43-24-20-38-19-22-39-21-18-37-12-6-7-16-48(37)50(39)49(38)33-43/h1-33H. The normalized spacial score (nSPS) is 11.5. The maximum Gasteiger partial charge on any atom is 0.0468 e. The van der Waals surface area contributed by atoms with Crippen LogP contribution in [0.15, 0.2) is 200 Å². The minimum absolute atomic E-state index is 1.12. The largest absolute Gasteiger partial charge is 0.310 e. The summed E-state index contributed by atoms with van der Waals surface area (Å²) in [5.41, 5.74) is 8.19. The maximum absolute atomic E-state index is 2.40. The van der Waals surface area contributed by atoms with Gasteiger partial charge in [-0.1, -0.05) is 152 Å². The lowest BCUT2D eigenvalue weighted by atomic mass is 9.94. The molecule has 0 aliphatic heterocycles. The van der Waals surface area contributed by atoms with Crippen LogP contribution in [0.25, 0.3) is 76.1 Å². The molecular weight excluding hydrogens is 615 g/mol. The van der Waals surface area contributed by atoms with E-state index in [1.807, 2.05) is 0 Å². The number of benzene rings is 10. The average Bonchev–Trinajstić information content (AvgIpc) is 3.20. The summed E-state index contributed by atoms with van der Waals surface area (Å²) in [6, 6.07) is 73.2. The molecule has 0 spiro atoms. The van der Waals surface area contributed by atoms with Gasteiger partial charge >= 0.3 is 0 Å². The van der Waals surface area contributed by atoms with E-state index in [2.05, 4.69) is 205 Å². The van der Waals surface area contributed by atoms with Crippen molar-refractivity contribution in [3.63, 3.8) is 0 Å². The average molecular weight is 648 g/mol. The summed E-state index contributed by atoms with van der Waals surface area (Å²) in [4.78, 5) is 2.40. The van der Waals surface area contributed by atoms with E-state index < -0.39 is 0 Å². The summed E-state index contributed by atoms with van der Waals surface area (Å²) >= 11 is 0. The van der Waals surface area contributed by atoms with Crippen molar-refractivity contribution in [3.05, 3.63) is 200 Å². The van der Waals surface area contributed by atoms with Gasteiger partial charge in [-0.25, -0.2) is 0 Å². The second kappa shape index (κ2) is 12.0. The second-order valence-corrected chi connectivity index (χ2v) is 13.4. The molecule has 10 aromatic carbocycles. The Hall–Kier alpha value is -6.70. The molecule has 1 heteroatoms. The first-order valence-corrected chi connectivity index (χ1v) is 17.6. The van der Waals surface area contributed by atoms with Crippen LogP contribution in [0.1, 0.15) is 0 Å². The van der Waals surface area contributed by atoms with Gasteiger partial charge in [0.05, 0.1) is 0 Å². The lowest BCUT2D eigenvalue weighted by molar-refractivity contribution is 1.29. The third kappa shape index (κ3) is 5.19. The number of hydrogen-bond acceptors (Lipinski definition) is 1. The van der Waals surface area contributed by atoms with E-state index in [0.717, 1.165) is 17.1 Å². The Balaban J connectivity index is 1.14. The highest BCUT2D eigenvalue weighted by Gasteiger charge is 2.16. The van der Waals surface area contributed by atoms with Crippen LogP contribution in [0, 0.1) is 0 Å². The first kappa shape index (κ1) is 29.2. The molecule has 0 bridgehead atoms. The van der Waals surface area contributed by atoms with Crippen LogP contribution in [0.5, 0.6) is 0 Å². The van der Waals surface area contributed by atoms with Crippen molar-refractivity contribution in [1.82, 2.24) is 0 Å². The lowest BCUT2D eigenvalue weighted by Gasteiger charge is -2.27. The first-order chi connectivity index (χ1) is 25.2. The van der Waals surface area contributed by atoms with E-state index in [-0.39, 0.29) is 0 Å². The zero-order valence-electron chi connectivity index (χ0n) is 28.0. The second-order valence-electron chi connectivity index (χ2n) is 13.4. The Bertz CT molecular complexity index is 2920. The van der Waals surface area contributed by atoms with Crippen LogP contribution >= 0.6 is 0 Å². The number of nitrogens with zero attached hydrogens (tertiary/aromatic N) is 1. The zero-order valence-corrected chi connectivity index (χ0v) is 28.0. The summed E-state index contributed by atoms with van der Waals surface area (Å²) in [7, 11) is 0. The molecule has 0 heterocycles. The molecule has 0 fully saturated rings. The Morgan fingerprint density at radius 3 is 1.55 bits per heavy atom. The van der Waals surface area contributed by atoms with Crippen LogP contribution in [0.4, 0.5) is 17.1 Å². The molecule has 0 saturated heterocycles. The highest BCUT2D eigenvalue weighted by Crippen LogP contribution is 2.41. The molecule has 10 aromatic rings. The Morgan fingerprint density at radius 2 is 0.745 bits per heavy atom. The number of fused-ring (bicyclic) bond motifs is 7. The van der Waals surface area contributed by atoms with E-state index in [1.54, 1.807) is 0 Å². The minimum Gasteiger partial charge on any atom is -0.310 e. The SMILES string of the molecule is c1ccc(-c2ccc3ccc(N(c4cccc(-c5ccc6ccc7ccc8ccccc8c7c6c5)c4)c4ccc5ccccc5c4)cc3c2)cc1. The monoisotopic (exact) mass is 647 g/mol. The van der Waals surface area contributed by atoms with Crippen LogP contribution in [-0.4, -0.2) is 0 Å². The summed E-state index contributed by atoms with van der Waals surface area (Å²) in [6.45, 7) is 0. The van der Waals surface area contributed by atoms with Gasteiger partial charge in [0.25, 0.3) is 0 Å². The van der Waals surface area contributed by atoms with Crippen LogP contribution in [0.2, 0.25) is 0 Å². The van der Waals surface area contributed by atoms with Gasteiger partial charge in [0.1, 0.15) is 0 Å².